The van der Waals surface area contributed by atoms with Gasteiger partial charge in [0.2, 0.25) is 19.8 Å². The van der Waals surface area contributed by atoms with Gasteiger partial charge in [-0.05, 0) is 36.5 Å². The van der Waals surface area contributed by atoms with Crippen molar-refractivity contribution < 1.29 is 8.42 Å². The lowest BCUT2D eigenvalue weighted by atomic mass is 10.3. The molecule has 8 nitrogen and oxygen atoms in total. The number of thiazole rings is 1. The topological polar surface area (TPSA) is 75.7 Å². The Hall–Kier alpha value is -2.18. The van der Waals surface area contributed by atoms with E-state index in [9.17, 15) is 8.42 Å². The van der Waals surface area contributed by atoms with E-state index < -0.39 is 10.0 Å². The van der Waals surface area contributed by atoms with Crippen LogP contribution in [0.3, 0.4) is 0 Å². The molecular weight excluding hydrogens is 428 g/mol. The van der Waals surface area contributed by atoms with E-state index in [4.69, 9.17) is 12.2 Å². The molecule has 5 rings (SSSR count). The highest BCUT2D eigenvalue weighted by atomic mass is 32.2. The number of hydrogen-bond donors (Lipinski definition) is 0. The van der Waals surface area contributed by atoms with Gasteiger partial charge in [-0.1, -0.05) is 23.5 Å². The Balaban J connectivity index is 1.32. The maximum Gasteiger partial charge on any atom is 0.244 e. The molecule has 0 bridgehead atoms. The maximum atomic E-state index is 12.7. The Morgan fingerprint density at radius 3 is 2.62 bits per heavy atom. The van der Waals surface area contributed by atoms with Crippen molar-refractivity contribution in [3.8, 4) is 0 Å². The highest BCUT2D eigenvalue weighted by molar-refractivity contribution is 7.89. The molecule has 0 radical (unpaired) electrons. The number of fused-ring (bicyclic) bond motifs is 3. The maximum absolute atomic E-state index is 12.7. The van der Waals surface area contributed by atoms with Gasteiger partial charge in [-0.3, -0.25) is 14.3 Å². The third kappa shape index (κ3) is 3.28. The number of benzene rings is 1. The first-order valence-corrected chi connectivity index (χ1v) is 11.8. The Morgan fingerprint density at radius 2 is 1.86 bits per heavy atom. The third-order valence-corrected chi connectivity index (χ3v) is 8.34. The van der Waals surface area contributed by atoms with E-state index in [1.165, 1.54) is 10.5 Å². The molecular formula is C18H18N6O2S3. The highest BCUT2D eigenvalue weighted by Crippen LogP contribution is 2.26. The van der Waals surface area contributed by atoms with E-state index in [-0.39, 0.29) is 4.90 Å². The molecule has 0 spiro atoms. The molecule has 4 heterocycles. The Kier molecular flexibility index (Phi) is 4.71. The van der Waals surface area contributed by atoms with Gasteiger partial charge in [0.05, 0.1) is 16.9 Å². The molecule has 1 saturated heterocycles. The third-order valence-electron chi connectivity index (χ3n) is 5.05. The van der Waals surface area contributed by atoms with Gasteiger partial charge in [0.25, 0.3) is 0 Å². The van der Waals surface area contributed by atoms with Crippen molar-refractivity contribution in [2.24, 2.45) is 0 Å². The van der Waals surface area contributed by atoms with Crippen molar-refractivity contribution in [2.75, 3.05) is 26.2 Å². The zero-order chi connectivity index (χ0) is 20.0. The van der Waals surface area contributed by atoms with Crippen molar-refractivity contribution in [2.45, 2.75) is 11.6 Å². The smallest absolute Gasteiger partial charge is 0.244 e. The normalized spacial score (nSPS) is 16.7. The van der Waals surface area contributed by atoms with Crippen LogP contribution in [0.25, 0.3) is 15.2 Å². The molecule has 11 heteroatoms. The first-order chi connectivity index (χ1) is 14.0. The molecule has 4 aromatic rings. The number of para-hydroxylation sites is 1. The number of nitrogens with zero attached hydrogens (tertiary/aromatic N) is 6. The monoisotopic (exact) mass is 446 g/mol. The quantitative estimate of drug-likeness (QED) is 0.448. The molecule has 150 valence electrons. The summed E-state index contributed by atoms with van der Waals surface area (Å²) in [4.78, 5) is 7.20. The number of hydrogen-bond acceptors (Lipinski definition) is 7. The average molecular weight is 447 g/mol. The van der Waals surface area contributed by atoms with Crippen molar-refractivity contribution in [1.82, 2.24) is 28.4 Å². The number of sulfonamides is 1. The van der Waals surface area contributed by atoms with Gasteiger partial charge in [0.15, 0.2) is 0 Å². The zero-order valence-electron chi connectivity index (χ0n) is 15.4. The van der Waals surface area contributed by atoms with Crippen LogP contribution >= 0.6 is 23.6 Å². The number of piperazine rings is 1. The second-order valence-corrected chi connectivity index (χ2v) is 10.1. The molecule has 0 saturated carbocycles. The average Bonchev–Trinajstić information content (AvgIpc) is 3.25. The Bertz CT molecular complexity index is 1330. The van der Waals surface area contributed by atoms with Crippen LogP contribution in [0.5, 0.6) is 0 Å². The predicted octanol–water partition coefficient (Wildman–Crippen LogP) is 2.44. The van der Waals surface area contributed by atoms with Gasteiger partial charge in [-0.15, -0.1) is 5.10 Å². The predicted molar refractivity (Wildman–Crippen MR) is 114 cm³/mol. The lowest BCUT2D eigenvalue weighted by Gasteiger charge is -2.33. The van der Waals surface area contributed by atoms with Crippen LogP contribution in [0, 0.1) is 4.77 Å². The first-order valence-electron chi connectivity index (χ1n) is 9.14. The summed E-state index contributed by atoms with van der Waals surface area (Å²) in [7, 11) is -3.50. The van der Waals surface area contributed by atoms with Gasteiger partial charge in [-0.25, -0.2) is 13.1 Å². The van der Waals surface area contributed by atoms with E-state index in [1.807, 2.05) is 27.3 Å². The largest absolute Gasteiger partial charge is 0.282 e. The molecule has 1 aliphatic heterocycles. The van der Waals surface area contributed by atoms with Gasteiger partial charge in [0.1, 0.15) is 4.90 Å². The lowest BCUT2D eigenvalue weighted by molar-refractivity contribution is 0.145. The molecule has 0 unspecified atom stereocenters. The van der Waals surface area contributed by atoms with Crippen LogP contribution in [0.1, 0.15) is 0 Å². The lowest BCUT2D eigenvalue weighted by Crippen LogP contribution is -2.48. The van der Waals surface area contributed by atoms with E-state index in [2.05, 4.69) is 21.0 Å². The van der Waals surface area contributed by atoms with Crippen LogP contribution in [-0.2, 0) is 16.7 Å². The SMILES string of the molecule is O=S(=O)(c1cccnc1)N1CCN(Cn2nc3sc4ccccc4n3c2=S)CC1. The van der Waals surface area contributed by atoms with Crippen LogP contribution < -0.4 is 0 Å². The van der Waals surface area contributed by atoms with Gasteiger partial charge < -0.3 is 0 Å². The van der Waals surface area contributed by atoms with Gasteiger partial charge in [-0.2, -0.15) is 4.31 Å². The zero-order valence-corrected chi connectivity index (χ0v) is 17.8. The minimum Gasteiger partial charge on any atom is -0.282 e. The fraction of sp³-hybridized carbons (Fsp3) is 0.278. The summed E-state index contributed by atoms with van der Waals surface area (Å²) in [6.45, 7) is 2.63. The molecule has 0 N–H and O–H groups in total. The molecule has 1 aliphatic rings. The Morgan fingerprint density at radius 1 is 1.07 bits per heavy atom. The van der Waals surface area contributed by atoms with E-state index in [0.717, 1.165) is 15.2 Å². The highest BCUT2D eigenvalue weighted by Gasteiger charge is 2.29. The number of pyridine rings is 1. The second kappa shape index (κ2) is 7.26. The molecule has 3 aromatic heterocycles. The summed E-state index contributed by atoms with van der Waals surface area (Å²) in [6, 6.07) is 11.3. The summed E-state index contributed by atoms with van der Waals surface area (Å²) in [5.41, 5.74) is 1.07. The van der Waals surface area contributed by atoms with E-state index in [1.54, 1.807) is 29.7 Å². The number of rotatable bonds is 4. The molecule has 0 aliphatic carbocycles. The summed E-state index contributed by atoms with van der Waals surface area (Å²) in [5.74, 6) is 0. The summed E-state index contributed by atoms with van der Waals surface area (Å²) in [5, 5.41) is 4.67. The standard InChI is InChI=1S/C18H18N6O2S3/c25-29(26,14-4-3-7-19-12-14)22-10-8-21(9-11-22)13-23-18(27)24-15-5-1-2-6-16(15)28-17(24)20-23/h1-7,12H,8-11,13H2. The summed E-state index contributed by atoms with van der Waals surface area (Å²) in [6.07, 6.45) is 2.96. The van der Waals surface area contributed by atoms with Crippen LogP contribution in [0.4, 0.5) is 0 Å². The molecule has 1 aromatic carbocycles. The summed E-state index contributed by atoms with van der Waals surface area (Å²) >= 11 is 7.27. The first kappa shape index (κ1) is 18.8. The summed E-state index contributed by atoms with van der Waals surface area (Å²) < 4.78 is 32.6. The van der Waals surface area contributed by atoms with Crippen molar-refractivity contribution in [3.05, 3.63) is 53.6 Å². The Labute approximate surface area is 176 Å². The van der Waals surface area contributed by atoms with Crippen LogP contribution in [-0.4, -0.2) is 63.0 Å². The van der Waals surface area contributed by atoms with Crippen molar-refractivity contribution in [3.63, 3.8) is 0 Å². The van der Waals surface area contributed by atoms with E-state index >= 15 is 0 Å². The fourth-order valence-electron chi connectivity index (χ4n) is 3.53. The minimum atomic E-state index is -3.50. The second-order valence-electron chi connectivity index (χ2n) is 6.82. The van der Waals surface area contributed by atoms with Crippen molar-refractivity contribution >= 4 is 48.8 Å². The molecule has 1 fully saturated rings. The van der Waals surface area contributed by atoms with Gasteiger partial charge >= 0.3 is 0 Å². The molecule has 29 heavy (non-hydrogen) atoms. The van der Waals surface area contributed by atoms with Crippen LogP contribution in [0.15, 0.2) is 53.7 Å². The number of aromatic nitrogens is 4. The van der Waals surface area contributed by atoms with E-state index in [0.29, 0.717) is 37.6 Å². The van der Waals surface area contributed by atoms with Gasteiger partial charge in [0, 0.05) is 38.6 Å². The minimum absolute atomic E-state index is 0.233. The molecule has 0 atom stereocenters. The van der Waals surface area contributed by atoms with Crippen molar-refractivity contribution in [1.29, 1.82) is 0 Å². The fourth-order valence-corrected chi connectivity index (χ4v) is 6.28. The van der Waals surface area contributed by atoms with Crippen LogP contribution in [0.2, 0.25) is 0 Å². The molecule has 0 amide bonds.